The Labute approximate surface area is 164 Å². The number of aliphatic hydroxyl groups is 1. The molecule has 1 saturated carbocycles. The van der Waals surface area contributed by atoms with E-state index in [1.165, 1.54) is 29.3 Å². The number of aliphatic hydroxyl groups excluding tert-OH is 1. The number of nitrogens with one attached hydrogen (secondary N) is 1. The summed E-state index contributed by atoms with van der Waals surface area (Å²) < 4.78 is 10.7. The van der Waals surface area contributed by atoms with Crippen LogP contribution in [0.4, 0.5) is 0 Å². The van der Waals surface area contributed by atoms with Crippen LogP contribution in [0.1, 0.15) is 30.1 Å². The highest BCUT2D eigenvalue weighted by molar-refractivity contribution is 5.85. The second kappa shape index (κ2) is 6.87. The Balaban J connectivity index is 1.52. The van der Waals surface area contributed by atoms with Gasteiger partial charge in [-0.3, -0.25) is 9.69 Å². The number of fused-ring (bicyclic) bond motifs is 6. The summed E-state index contributed by atoms with van der Waals surface area (Å²) in [6, 6.07) is 8.77. The van der Waals surface area contributed by atoms with Gasteiger partial charge in [-0.05, 0) is 42.7 Å². The zero-order chi connectivity index (χ0) is 19.4. The lowest BCUT2D eigenvalue weighted by Crippen LogP contribution is -2.57. The molecule has 6 nitrogen and oxygen atoms in total. The van der Waals surface area contributed by atoms with E-state index in [0.717, 1.165) is 25.9 Å². The Morgan fingerprint density at radius 1 is 1.25 bits per heavy atom. The van der Waals surface area contributed by atoms with E-state index in [4.69, 9.17) is 9.47 Å². The van der Waals surface area contributed by atoms with Gasteiger partial charge in [-0.2, -0.15) is 0 Å². The minimum atomic E-state index is -0.625. The van der Waals surface area contributed by atoms with Gasteiger partial charge in [0.05, 0.1) is 31.3 Å². The molecule has 6 atom stereocenters. The number of hydrogen-bond acceptors (Lipinski definition) is 5. The zero-order valence-electron chi connectivity index (χ0n) is 16.4. The van der Waals surface area contributed by atoms with Gasteiger partial charge in [0, 0.05) is 36.8 Å². The van der Waals surface area contributed by atoms with Gasteiger partial charge < -0.3 is 19.6 Å². The number of methoxy groups -OCH3 is 2. The van der Waals surface area contributed by atoms with Crippen molar-refractivity contribution in [1.29, 1.82) is 0 Å². The van der Waals surface area contributed by atoms with E-state index in [1.54, 1.807) is 7.11 Å². The standard InChI is InChI=1S/C22H28N2O4/c1-27-21-18(25)9-12-11-24-8-7-14-13-5-3-4-6-16(13)23-20(14)17(24)10-15(12)19(21)22(26)28-2/h3-6,12,15,17-19,21,23,25H,7-11H2,1-2H3/t12-,15+,17-,18-,19+,21+/m1/s1. The van der Waals surface area contributed by atoms with Crippen molar-refractivity contribution in [3.63, 3.8) is 0 Å². The fourth-order valence-electron chi connectivity index (χ4n) is 6.11. The van der Waals surface area contributed by atoms with Gasteiger partial charge in [-0.25, -0.2) is 0 Å². The van der Waals surface area contributed by atoms with Crippen LogP contribution in [0, 0.1) is 17.8 Å². The van der Waals surface area contributed by atoms with Crippen molar-refractivity contribution in [1.82, 2.24) is 9.88 Å². The smallest absolute Gasteiger partial charge is 0.311 e. The molecular weight excluding hydrogens is 356 g/mol. The summed E-state index contributed by atoms with van der Waals surface area (Å²) in [5, 5.41) is 11.9. The molecule has 28 heavy (non-hydrogen) atoms. The van der Waals surface area contributed by atoms with Gasteiger partial charge in [0.15, 0.2) is 0 Å². The average molecular weight is 384 g/mol. The second-order valence-corrected chi connectivity index (χ2v) is 8.54. The van der Waals surface area contributed by atoms with Crippen LogP contribution in [0.2, 0.25) is 0 Å². The van der Waals surface area contributed by atoms with Crippen LogP contribution in [0.15, 0.2) is 24.3 Å². The third-order valence-electron chi connectivity index (χ3n) is 7.32. The first-order valence-corrected chi connectivity index (χ1v) is 10.2. The van der Waals surface area contributed by atoms with E-state index in [2.05, 4.69) is 34.1 Å². The number of ether oxygens (including phenoxy) is 2. The molecule has 2 aromatic rings. The fraction of sp³-hybridized carbons (Fsp3) is 0.591. The van der Waals surface area contributed by atoms with E-state index in [0.29, 0.717) is 6.42 Å². The molecule has 2 aliphatic heterocycles. The molecule has 3 heterocycles. The molecule has 0 spiro atoms. The maximum atomic E-state index is 12.6. The van der Waals surface area contributed by atoms with Crippen molar-refractivity contribution >= 4 is 16.9 Å². The number of hydrogen-bond donors (Lipinski definition) is 2. The lowest BCUT2D eigenvalue weighted by molar-refractivity contribution is -0.175. The maximum Gasteiger partial charge on any atom is 0.311 e. The molecule has 0 unspecified atom stereocenters. The summed E-state index contributed by atoms with van der Waals surface area (Å²) in [6.45, 7) is 1.93. The highest BCUT2D eigenvalue weighted by Crippen LogP contribution is 2.49. The quantitative estimate of drug-likeness (QED) is 0.777. The van der Waals surface area contributed by atoms with Gasteiger partial charge in [-0.1, -0.05) is 18.2 Å². The first-order chi connectivity index (χ1) is 13.6. The lowest BCUT2D eigenvalue weighted by atomic mass is 9.64. The molecule has 0 amide bonds. The highest BCUT2D eigenvalue weighted by atomic mass is 16.5. The van der Waals surface area contributed by atoms with Crippen LogP contribution in [-0.4, -0.2) is 60.5 Å². The Morgan fingerprint density at radius 2 is 2.07 bits per heavy atom. The Hall–Kier alpha value is -1.89. The highest BCUT2D eigenvalue weighted by Gasteiger charge is 2.53. The Morgan fingerprint density at radius 3 is 2.86 bits per heavy atom. The van der Waals surface area contributed by atoms with Crippen molar-refractivity contribution in [3.05, 3.63) is 35.5 Å². The molecule has 1 saturated heterocycles. The first kappa shape index (κ1) is 18.2. The van der Waals surface area contributed by atoms with Crippen LogP contribution >= 0.6 is 0 Å². The van der Waals surface area contributed by atoms with Crippen molar-refractivity contribution in [2.24, 2.45) is 17.8 Å². The van der Waals surface area contributed by atoms with Crippen LogP contribution in [0.3, 0.4) is 0 Å². The van der Waals surface area contributed by atoms with E-state index in [9.17, 15) is 9.90 Å². The van der Waals surface area contributed by atoms with Gasteiger partial charge in [-0.15, -0.1) is 0 Å². The van der Waals surface area contributed by atoms with Gasteiger partial charge in [0.1, 0.15) is 0 Å². The number of aromatic amines is 1. The molecule has 3 aliphatic rings. The van der Waals surface area contributed by atoms with Crippen molar-refractivity contribution in [2.45, 2.75) is 37.5 Å². The van der Waals surface area contributed by atoms with Gasteiger partial charge >= 0.3 is 5.97 Å². The average Bonchev–Trinajstić information content (AvgIpc) is 3.10. The summed E-state index contributed by atoms with van der Waals surface area (Å²) in [5.74, 6) is -0.241. The maximum absolute atomic E-state index is 12.6. The van der Waals surface area contributed by atoms with Crippen LogP contribution in [0.5, 0.6) is 0 Å². The SMILES string of the molecule is COC(=O)[C@H]1[C@H]2C[C@@H]3c4[nH]c5ccccc5c4CCN3C[C@H]2C[C@@H](O)[C@@H]1OC. The molecule has 150 valence electrons. The monoisotopic (exact) mass is 384 g/mol. The van der Waals surface area contributed by atoms with Crippen molar-refractivity contribution in [3.8, 4) is 0 Å². The third-order valence-corrected chi connectivity index (χ3v) is 7.32. The second-order valence-electron chi connectivity index (χ2n) is 8.54. The van der Waals surface area contributed by atoms with Crippen molar-refractivity contribution in [2.75, 3.05) is 27.3 Å². The normalized spacial score (nSPS) is 35.1. The number of H-pyrrole nitrogens is 1. The Bertz CT molecular complexity index is 894. The molecule has 0 radical (unpaired) electrons. The molecule has 1 aliphatic carbocycles. The summed E-state index contributed by atoms with van der Waals surface area (Å²) in [6.07, 6.45) is 1.49. The minimum absolute atomic E-state index is 0.152. The molecule has 2 fully saturated rings. The fourth-order valence-corrected chi connectivity index (χ4v) is 6.11. The molecule has 5 rings (SSSR count). The summed E-state index contributed by atoms with van der Waals surface area (Å²) in [4.78, 5) is 18.8. The molecule has 0 bridgehead atoms. The third kappa shape index (κ3) is 2.62. The topological polar surface area (TPSA) is 74.8 Å². The van der Waals surface area contributed by atoms with Gasteiger partial charge in [0.25, 0.3) is 0 Å². The molecular formula is C22H28N2O4. The number of piperidine rings is 1. The number of esters is 1. The van der Waals surface area contributed by atoms with Crippen molar-refractivity contribution < 1.29 is 19.4 Å². The molecule has 1 aromatic heterocycles. The summed E-state index contributed by atoms with van der Waals surface area (Å²) in [5.41, 5.74) is 3.91. The van der Waals surface area contributed by atoms with Crippen LogP contribution < -0.4 is 0 Å². The summed E-state index contributed by atoms with van der Waals surface area (Å²) >= 11 is 0. The predicted octanol–water partition coefficient (Wildman–Crippen LogP) is 2.27. The number of carbonyl (C=O) groups excluding carboxylic acids is 1. The number of carbonyl (C=O) groups is 1. The zero-order valence-corrected chi connectivity index (χ0v) is 16.4. The van der Waals surface area contributed by atoms with Crippen LogP contribution in [-0.2, 0) is 20.7 Å². The minimum Gasteiger partial charge on any atom is -0.469 e. The van der Waals surface area contributed by atoms with Crippen LogP contribution in [0.25, 0.3) is 10.9 Å². The summed E-state index contributed by atoms with van der Waals surface area (Å²) in [7, 11) is 3.01. The Kier molecular flexibility index (Phi) is 4.45. The lowest BCUT2D eigenvalue weighted by Gasteiger charge is -2.52. The molecule has 2 N–H and O–H groups in total. The van der Waals surface area contributed by atoms with E-state index in [-0.39, 0.29) is 23.8 Å². The predicted molar refractivity (Wildman–Crippen MR) is 105 cm³/mol. The number of nitrogens with zero attached hydrogens (tertiary/aromatic N) is 1. The number of rotatable bonds is 2. The van der Waals surface area contributed by atoms with E-state index >= 15 is 0 Å². The molecule has 6 heteroatoms. The van der Waals surface area contributed by atoms with E-state index in [1.807, 2.05) is 0 Å². The number of aromatic nitrogens is 1. The number of benzene rings is 1. The van der Waals surface area contributed by atoms with Gasteiger partial charge in [0.2, 0.25) is 0 Å². The largest absolute Gasteiger partial charge is 0.469 e. The molecule has 1 aromatic carbocycles. The van der Waals surface area contributed by atoms with E-state index < -0.39 is 18.1 Å². The number of para-hydroxylation sites is 1. The first-order valence-electron chi connectivity index (χ1n) is 10.2.